The fourth-order valence-corrected chi connectivity index (χ4v) is 1.77. The summed E-state index contributed by atoms with van der Waals surface area (Å²) in [5.41, 5.74) is 1.79. The number of para-hydroxylation sites is 1. The number of hydrogen-bond donors (Lipinski definition) is 0. The fraction of sp³-hybridized carbons (Fsp3) is 0.200. The number of hydrogen-bond acceptors (Lipinski definition) is 1. The van der Waals surface area contributed by atoms with Crippen LogP contribution in [0.25, 0.3) is 11.0 Å². The second kappa shape index (κ2) is 3.24. The van der Waals surface area contributed by atoms with Gasteiger partial charge < -0.3 is 4.42 Å². The van der Waals surface area contributed by atoms with Gasteiger partial charge in [-0.1, -0.05) is 23.7 Å². The summed E-state index contributed by atoms with van der Waals surface area (Å²) in [4.78, 5) is 0. The molecule has 13 heavy (non-hydrogen) atoms. The zero-order valence-electron chi connectivity index (χ0n) is 7.10. The molecule has 0 spiro atoms. The number of fused-ring (bicyclic) bond motifs is 1. The molecule has 0 fully saturated rings. The lowest BCUT2D eigenvalue weighted by atomic mass is 10.2. The van der Waals surface area contributed by atoms with Crippen molar-refractivity contribution in [2.75, 3.05) is 0 Å². The summed E-state index contributed by atoms with van der Waals surface area (Å²) < 4.78 is 5.50. The summed E-state index contributed by atoms with van der Waals surface area (Å²) in [6.45, 7) is 1.85. The van der Waals surface area contributed by atoms with Crippen LogP contribution in [0.3, 0.4) is 0 Å². The van der Waals surface area contributed by atoms with E-state index < -0.39 is 0 Å². The smallest absolute Gasteiger partial charge is 0.140 e. The van der Waals surface area contributed by atoms with Crippen LogP contribution < -0.4 is 0 Å². The van der Waals surface area contributed by atoms with Gasteiger partial charge in [-0.25, -0.2) is 0 Å². The molecule has 1 aromatic heterocycles. The van der Waals surface area contributed by atoms with Gasteiger partial charge in [0.15, 0.2) is 0 Å². The Morgan fingerprint density at radius 1 is 1.38 bits per heavy atom. The van der Waals surface area contributed by atoms with E-state index >= 15 is 0 Å². The van der Waals surface area contributed by atoms with Gasteiger partial charge in [-0.2, -0.15) is 0 Å². The lowest BCUT2D eigenvalue weighted by molar-refractivity contribution is 0.576. The van der Waals surface area contributed by atoms with Crippen molar-refractivity contribution in [2.45, 2.75) is 12.8 Å². The van der Waals surface area contributed by atoms with Crippen molar-refractivity contribution in [1.82, 2.24) is 0 Å². The third kappa shape index (κ3) is 1.32. The van der Waals surface area contributed by atoms with Crippen LogP contribution in [0.2, 0.25) is 5.02 Å². The monoisotopic (exact) mass is 214 g/mol. The van der Waals surface area contributed by atoms with Crippen LogP contribution in [0, 0.1) is 6.92 Å². The van der Waals surface area contributed by atoms with Crippen LogP contribution >= 0.6 is 23.2 Å². The van der Waals surface area contributed by atoms with Gasteiger partial charge in [-0.15, -0.1) is 11.6 Å². The molecule has 0 saturated carbocycles. The molecule has 2 rings (SSSR count). The fourth-order valence-electron chi connectivity index (χ4n) is 1.37. The molecule has 2 aromatic rings. The van der Waals surface area contributed by atoms with Crippen LogP contribution in [0.5, 0.6) is 0 Å². The quantitative estimate of drug-likeness (QED) is 0.651. The van der Waals surface area contributed by atoms with E-state index in [0.717, 1.165) is 22.3 Å². The molecule has 1 heterocycles. The predicted octanol–water partition coefficient (Wildman–Crippen LogP) is 4.13. The average molecular weight is 215 g/mol. The summed E-state index contributed by atoms with van der Waals surface area (Å²) in [6.07, 6.45) is 0. The Morgan fingerprint density at radius 3 is 2.85 bits per heavy atom. The van der Waals surface area contributed by atoms with Crippen molar-refractivity contribution in [2.24, 2.45) is 0 Å². The first kappa shape index (κ1) is 8.92. The average Bonchev–Trinajstić information content (AvgIpc) is 2.43. The summed E-state index contributed by atoms with van der Waals surface area (Å²) in [5.74, 6) is 1.19. The lowest BCUT2D eigenvalue weighted by Gasteiger charge is -1.94. The minimum Gasteiger partial charge on any atom is -0.459 e. The molecule has 0 aliphatic heterocycles. The Hall–Kier alpha value is -0.660. The molecule has 0 radical (unpaired) electrons. The van der Waals surface area contributed by atoms with Crippen molar-refractivity contribution in [1.29, 1.82) is 0 Å². The molecule has 1 nitrogen and oxygen atoms in total. The minimum atomic E-state index is 0.445. The highest BCUT2D eigenvalue weighted by molar-refractivity contribution is 6.36. The van der Waals surface area contributed by atoms with E-state index in [0.29, 0.717) is 10.9 Å². The van der Waals surface area contributed by atoms with Crippen molar-refractivity contribution in [3.05, 3.63) is 34.5 Å². The first-order chi connectivity index (χ1) is 6.24. The number of aryl methyl sites for hydroxylation is 1. The number of rotatable bonds is 1. The SMILES string of the molecule is Cc1oc2c(CCl)cccc2c1Cl. The van der Waals surface area contributed by atoms with Crippen LogP contribution in [-0.4, -0.2) is 0 Å². The Morgan fingerprint density at radius 2 is 2.15 bits per heavy atom. The molecule has 0 saturated heterocycles. The van der Waals surface area contributed by atoms with Gasteiger partial charge in [0, 0.05) is 10.9 Å². The Bertz CT molecular complexity index is 445. The van der Waals surface area contributed by atoms with Gasteiger partial charge in [0.05, 0.1) is 10.9 Å². The minimum absolute atomic E-state index is 0.445. The second-order valence-corrected chi connectivity index (χ2v) is 3.54. The maximum Gasteiger partial charge on any atom is 0.140 e. The van der Waals surface area contributed by atoms with Gasteiger partial charge in [0.1, 0.15) is 11.3 Å². The molecule has 0 bridgehead atoms. The Kier molecular flexibility index (Phi) is 2.22. The molecule has 0 aliphatic rings. The summed E-state index contributed by atoms with van der Waals surface area (Å²) in [7, 11) is 0. The number of furan rings is 1. The van der Waals surface area contributed by atoms with E-state index in [2.05, 4.69) is 0 Å². The largest absolute Gasteiger partial charge is 0.459 e. The standard InChI is InChI=1S/C10H8Cl2O/c1-6-9(12)8-4-2-3-7(5-11)10(8)13-6/h2-4H,5H2,1H3. The van der Waals surface area contributed by atoms with E-state index in [1.54, 1.807) is 0 Å². The molecule has 1 aromatic carbocycles. The van der Waals surface area contributed by atoms with Crippen molar-refractivity contribution in [3.63, 3.8) is 0 Å². The van der Waals surface area contributed by atoms with E-state index in [-0.39, 0.29) is 0 Å². The summed E-state index contributed by atoms with van der Waals surface area (Å²) >= 11 is 11.8. The molecular weight excluding hydrogens is 207 g/mol. The molecule has 3 heteroatoms. The third-order valence-electron chi connectivity index (χ3n) is 2.04. The van der Waals surface area contributed by atoms with E-state index in [9.17, 15) is 0 Å². The van der Waals surface area contributed by atoms with Crippen molar-refractivity contribution in [3.8, 4) is 0 Å². The molecule has 68 valence electrons. The zero-order valence-corrected chi connectivity index (χ0v) is 8.62. The van der Waals surface area contributed by atoms with Gasteiger partial charge >= 0.3 is 0 Å². The number of alkyl halides is 1. The van der Waals surface area contributed by atoms with Crippen LogP contribution in [0.4, 0.5) is 0 Å². The molecule has 0 amide bonds. The van der Waals surface area contributed by atoms with Crippen molar-refractivity contribution >= 4 is 34.2 Å². The molecule has 0 unspecified atom stereocenters. The Balaban J connectivity index is 2.84. The van der Waals surface area contributed by atoms with Gasteiger partial charge in [-0.05, 0) is 13.0 Å². The predicted molar refractivity (Wildman–Crippen MR) is 55.5 cm³/mol. The van der Waals surface area contributed by atoms with Gasteiger partial charge in [-0.3, -0.25) is 0 Å². The topological polar surface area (TPSA) is 13.1 Å². The maximum absolute atomic E-state index is 6.03. The van der Waals surface area contributed by atoms with Crippen LogP contribution in [0.1, 0.15) is 11.3 Å². The number of halogens is 2. The molecule has 0 aliphatic carbocycles. The highest BCUT2D eigenvalue weighted by Gasteiger charge is 2.10. The number of benzene rings is 1. The van der Waals surface area contributed by atoms with E-state index in [4.69, 9.17) is 27.6 Å². The highest BCUT2D eigenvalue weighted by Crippen LogP contribution is 2.32. The first-order valence-electron chi connectivity index (χ1n) is 3.96. The molecule has 0 N–H and O–H groups in total. The van der Waals surface area contributed by atoms with Crippen molar-refractivity contribution < 1.29 is 4.42 Å². The molecule has 0 atom stereocenters. The van der Waals surface area contributed by atoms with Crippen LogP contribution in [0.15, 0.2) is 22.6 Å². The summed E-state index contributed by atoms with van der Waals surface area (Å²) in [5, 5.41) is 1.62. The first-order valence-corrected chi connectivity index (χ1v) is 4.87. The lowest BCUT2D eigenvalue weighted by Crippen LogP contribution is -1.76. The second-order valence-electron chi connectivity index (χ2n) is 2.90. The van der Waals surface area contributed by atoms with E-state index in [1.165, 1.54) is 0 Å². The normalized spacial score (nSPS) is 11.0. The zero-order chi connectivity index (χ0) is 9.42. The van der Waals surface area contributed by atoms with E-state index in [1.807, 2.05) is 25.1 Å². The highest BCUT2D eigenvalue weighted by atomic mass is 35.5. The van der Waals surface area contributed by atoms with Crippen LogP contribution in [-0.2, 0) is 5.88 Å². The summed E-state index contributed by atoms with van der Waals surface area (Å²) in [6, 6.07) is 5.81. The Labute approximate surface area is 86.2 Å². The third-order valence-corrected chi connectivity index (χ3v) is 2.80. The van der Waals surface area contributed by atoms with Gasteiger partial charge in [0.2, 0.25) is 0 Å². The van der Waals surface area contributed by atoms with Gasteiger partial charge in [0.25, 0.3) is 0 Å². The maximum atomic E-state index is 6.03. The molecular formula is C10H8Cl2O.